The predicted molar refractivity (Wildman–Crippen MR) is 97.1 cm³/mol. The molecule has 1 saturated carbocycles. The molecule has 1 saturated heterocycles. The lowest BCUT2D eigenvalue weighted by molar-refractivity contribution is -0.118. The molecule has 1 aliphatic carbocycles. The van der Waals surface area contributed by atoms with Crippen LogP contribution in [0.4, 0.5) is 0 Å². The normalized spacial score (nSPS) is 22.8. The van der Waals surface area contributed by atoms with Crippen molar-refractivity contribution in [1.29, 1.82) is 0 Å². The molecular weight excluding hydrogens is 322 g/mol. The third-order valence-electron chi connectivity index (χ3n) is 5.32. The Morgan fingerprint density at radius 3 is 2.75 bits per heavy atom. The molecule has 0 spiro atoms. The number of aromatic nitrogens is 1. The third kappa shape index (κ3) is 3.87. The van der Waals surface area contributed by atoms with Crippen molar-refractivity contribution in [1.82, 2.24) is 15.2 Å². The summed E-state index contributed by atoms with van der Waals surface area (Å²) >= 11 is 1.60. The lowest BCUT2D eigenvalue weighted by Crippen LogP contribution is -2.62. The highest BCUT2D eigenvalue weighted by atomic mass is 32.1. The minimum absolute atomic E-state index is 0.0345. The molecule has 3 rings (SSSR count). The Morgan fingerprint density at radius 2 is 2.12 bits per heavy atom. The van der Waals surface area contributed by atoms with E-state index in [0.717, 1.165) is 49.8 Å². The molecule has 1 aliphatic heterocycles. The Hall–Kier alpha value is -1.24. The molecule has 2 fully saturated rings. The minimum atomic E-state index is -0.0345. The summed E-state index contributed by atoms with van der Waals surface area (Å²) in [6.45, 7) is 7.65. The fourth-order valence-electron chi connectivity index (χ4n) is 4.03. The lowest BCUT2D eigenvalue weighted by Gasteiger charge is -2.47. The lowest BCUT2D eigenvalue weighted by atomic mass is 9.86. The van der Waals surface area contributed by atoms with Crippen molar-refractivity contribution in [2.24, 2.45) is 0 Å². The van der Waals surface area contributed by atoms with Crippen LogP contribution in [-0.2, 0) is 9.53 Å². The molecule has 1 amide bonds. The molecule has 132 valence electrons. The molecule has 2 heterocycles. The van der Waals surface area contributed by atoms with Gasteiger partial charge in [-0.15, -0.1) is 11.3 Å². The molecule has 1 aromatic rings. The molecule has 0 aromatic carbocycles. The van der Waals surface area contributed by atoms with Crippen molar-refractivity contribution in [3.8, 4) is 0 Å². The topological polar surface area (TPSA) is 54.5 Å². The Bertz CT molecular complexity index is 587. The van der Waals surface area contributed by atoms with Crippen molar-refractivity contribution >= 4 is 23.3 Å². The zero-order valence-corrected chi connectivity index (χ0v) is 15.4. The van der Waals surface area contributed by atoms with Crippen LogP contribution < -0.4 is 5.32 Å². The van der Waals surface area contributed by atoms with E-state index >= 15 is 0 Å². The molecule has 1 aromatic heterocycles. The zero-order valence-electron chi connectivity index (χ0n) is 14.6. The largest absolute Gasteiger partial charge is 0.379 e. The highest BCUT2D eigenvalue weighted by Crippen LogP contribution is 2.38. The van der Waals surface area contributed by atoms with Gasteiger partial charge in [-0.25, -0.2) is 4.98 Å². The number of morpholine rings is 1. The van der Waals surface area contributed by atoms with Gasteiger partial charge in [-0.3, -0.25) is 9.69 Å². The number of rotatable bonds is 5. The van der Waals surface area contributed by atoms with Crippen LogP contribution in [0, 0.1) is 6.92 Å². The number of nitrogens with one attached hydrogen (secondary N) is 1. The molecule has 0 radical (unpaired) electrons. The summed E-state index contributed by atoms with van der Waals surface area (Å²) < 4.78 is 5.51. The summed E-state index contributed by atoms with van der Waals surface area (Å²) in [7, 11) is 0. The first-order valence-corrected chi connectivity index (χ1v) is 9.72. The molecule has 2 aliphatic rings. The van der Waals surface area contributed by atoms with Gasteiger partial charge in [-0.2, -0.15) is 0 Å². The Labute approximate surface area is 148 Å². The van der Waals surface area contributed by atoms with Gasteiger partial charge in [0.2, 0.25) is 5.91 Å². The SMILES string of the molecule is Cc1nc(/C=C\C(=O)N[C@@H](C)C2(N3CCOCC3)CCCC2)cs1. The summed E-state index contributed by atoms with van der Waals surface area (Å²) in [4.78, 5) is 19.2. The average molecular weight is 350 g/mol. The summed E-state index contributed by atoms with van der Waals surface area (Å²) in [5, 5.41) is 6.19. The van der Waals surface area contributed by atoms with Gasteiger partial charge >= 0.3 is 0 Å². The van der Waals surface area contributed by atoms with E-state index in [1.807, 2.05) is 12.3 Å². The first-order valence-electron chi connectivity index (χ1n) is 8.84. The van der Waals surface area contributed by atoms with Crippen LogP contribution in [0.15, 0.2) is 11.5 Å². The van der Waals surface area contributed by atoms with E-state index in [9.17, 15) is 4.79 Å². The first kappa shape index (κ1) is 17.6. The molecule has 24 heavy (non-hydrogen) atoms. The monoisotopic (exact) mass is 349 g/mol. The number of amides is 1. The van der Waals surface area contributed by atoms with E-state index in [1.165, 1.54) is 12.8 Å². The van der Waals surface area contributed by atoms with Crippen LogP contribution >= 0.6 is 11.3 Å². The average Bonchev–Trinajstić information content (AvgIpc) is 3.23. The summed E-state index contributed by atoms with van der Waals surface area (Å²) in [6, 6.07) is 0.132. The van der Waals surface area contributed by atoms with Crippen LogP contribution in [0.3, 0.4) is 0 Å². The fourth-order valence-corrected chi connectivity index (χ4v) is 4.61. The number of thiazole rings is 1. The molecule has 1 atom stereocenters. The number of carbonyl (C=O) groups is 1. The van der Waals surface area contributed by atoms with Gasteiger partial charge in [0.05, 0.1) is 23.9 Å². The van der Waals surface area contributed by atoms with Crippen LogP contribution in [-0.4, -0.2) is 53.7 Å². The van der Waals surface area contributed by atoms with Crippen LogP contribution in [0.5, 0.6) is 0 Å². The van der Waals surface area contributed by atoms with Gasteiger partial charge in [0.1, 0.15) is 0 Å². The van der Waals surface area contributed by atoms with Gasteiger partial charge in [0, 0.05) is 36.1 Å². The molecule has 1 N–H and O–H groups in total. The molecule has 0 unspecified atom stereocenters. The Balaban J connectivity index is 1.63. The maximum absolute atomic E-state index is 12.3. The van der Waals surface area contributed by atoms with Gasteiger partial charge in [-0.05, 0) is 32.8 Å². The standard InChI is InChI=1S/C18H27N3O2S/c1-14(19-17(22)6-5-16-13-24-15(2)20-16)18(7-3-4-8-18)21-9-11-23-12-10-21/h5-6,13-14H,3-4,7-12H2,1-2H3,(H,19,22)/b6-5-/t14-/m0/s1. The number of nitrogens with zero attached hydrogens (tertiary/aromatic N) is 2. The predicted octanol–water partition coefficient (Wildman–Crippen LogP) is 2.61. The van der Waals surface area contributed by atoms with E-state index in [4.69, 9.17) is 4.74 Å². The van der Waals surface area contributed by atoms with Crippen LogP contribution in [0.2, 0.25) is 0 Å². The Kier molecular flexibility index (Phi) is 5.69. The molecule has 0 bridgehead atoms. The number of aryl methyl sites for hydroxylation is 1. The number of hydrogen-bond donors (Lipinski definition) is 1. The van der Waals surface area contributed by atoms with E-state index in [0.29, 0.717) is 0 Å². The van der Waals surface area contributed by atoms with Gasteiger partial charge in [0.15, 0.2) is 0 Å². The van der Waals surface area contributed by atoms with Gasteiger partial charge < -0.3 is 10.1 Å². The van der Waals surface area contributed by atoms with Crippen molar-refractivity contribution in [2.45, 2.75) is 51.1 Å². The third-order valence-corrected chi connectivity index (χ3v) is 6.11. The highest BCUT2D eigenvalue weighted by molar-refractivity contribution is 7.09. The number of hydrogen-bond acceptors (Lipinski definition) is 5. The van der Waals surface area contributed by atoms with Crippen molar-refractivity contribution in [3.05, 3.63) is 22.2 Å². The van der Waals surface area contributed by atoms with E-state index in [-0.39, 0.29) is 17.5 Å². The number of carbonyl (C=O) groups excluding carboxylic acids is 1. The van der Waals surface area contributed by atoms with Crippen molar-refractivity contribution in [2.75, 3.05) is 26.3 Å². The van der Waals surface area contributed by atoms with Crippen molar-refractivity contribution < 1.29 is 9.53 Å². The summed E-state index contributed by atoms with van der Waals surface area (Å²) in [6.07, 6.45) is 8.19. The van der Waals surface area contributed by atoms with E-state index in [2.05, 4.69) is 22.1 Å². The zero-order chi connectivity index (χ0) is 17.0. The maximum atomic E-state index is 12.3. The molecular formula is C18H27N3O2S. The highest BCUT2D eigenvalue weighted by Gasteiger charge is 2.44. The molecule has 5 nitrogen and oxygen atoms in total. The minimum Gasteiger partial charge on any atom is -0.379 e. The maximum Gasteiger partial charge on any atom is 0.244 e. The second-order valence-electron chi connectivity index (χ2n) is 6.77. The first-order chi connectivity index (χ1) is 11.6. The van der Waals surface area contributed by atoms with Crippen LogP contribution in [0.1, 0.15) is 43.3 Å². The smallest absolute Gasteiger partial charge is 0.244 e. The van der Waals surface area contributed by atoms with Crippen molar-refractivity contribution in [3.63, 3.8) is 0 Å². The fraction of sp³-hybridized carbons (Fsp3) is 0.667. The summed E-state index contributed by atoms with van der Waals surface area (Å²) in [5.74, 6) is -0.0345. The second kappa shape index (κ2) is 7.76. The summed E-state index contributed by atoms with van der Waals surface area (Å²) in [5.41, 5.74) is 0.939. The van der Waals surface area contributed by atoms with Crippen LogP contribution in [0.25, 0.3) is 6.08 Å². The number of ether oxygens (including phenoxy) is 1. The van der Waals surface area contributed by atoms with E-state index < -0.39 is 0 Å². The Morgan fingerprint density at radius 1 is 1.42 bits per heavy atom. The quantitative estimate of drug-likeness (QED) is 0.830. The second-order valence-corrected chi connectivity index (χ2v) is 7.83. The van der Waals surface area contributed by atoms with Gasteiger partial charge in [-0.1, -0.05) is 12.8 Å². The van der Waals surface area contributed by atoms with Gasteiger partial charge in [0.25, 0.3) is 0 Å². The van der Waals surface area contributed by atoms with E-state index in [1.54, 1.807) is 23.5 Å². The molecule has 6 heteroatoms.